The normalized spacial score (nSPS) is 11.2. The number of ether oxygens (including phenoxy) is 1. The van der Waals surface area contributed by atoms with Gasteiger partial charge in [-0.15, -0.1) is 0 Å². The van der Waals surface area contributed by atoms with Crippen molar-refractivity contribution < 1.29 is 22.3 Å². The van der Waals surface area contributed by atoms with Gasteiger partial charge in [-0.05, 0) is 48.9 Å². The first-order valence-corrected chi connectivity index (χ1v) is 9.54. The molecule has 6 nitrogen and oxygen atoms in total. The van der Waals surface area contributed by atoms with Crippen LogP contribution in [-0.4, -0.2) is 34.6 Å². The molecule has 2 aromatic rings. The molecule has 0 saturated carbocycles. The van der Waals surface area contributed by atoms with Gasteiger partial charge in [0.25, 0.3) is 15.9 Å². The van der Waals surface area contributed by atoms with Crippen LogP contribution < -0.4 is 10.0 Å². The van der Waals surface area contributed by atoms with Crippen molar-refractivity contribution in [3.63, 3.8) is 0 Å². The molecule has 0 bridgehead atoms. The van der Waals surface area contributed by atoms with E-state index in [0.717, 1.165) is 12.1 Å². The molecule has 0 aliphatic rings. The number of halogens is 2. The molecule has 0 aliphatic heterocycles. The van der Waals surface area contributed by atoms with Crippen LogP contribution in [0.5, 0.6) is 0 Å². The molecular formula is C17H18ClFN2O4S. The number of methoxy groups -OCH3 is 1. The molecule has 0 aromatic heterocycles. The van der Waals surface area contributed by atoms with Crippen molar-refractivity contribution in [2.75, 3.05) is 25.0 Å². The highest BCUT2D eigenvalue weighted by Crippen LogP contribution is 2.25. The number of hydrogen-bond donors (Lipinski definition) is 2. The summed E-state index contributed by atoms with van der Waals surface area (Å²) in [5, 5.41) is 2.64. The maximum atomic E-state index is 12.9. The van der Waals surface area contributed by atoms with E-state index in [0.29, 0.717) is 19.6 Å². The first-order valence-electron chi connectivity index (χ1n) is 7.68. The molecule has 0 radical (unpaired) electrons. The standard InChI is InChI=1S/C17H18ClFN2O4S/c1-25-10-2-9-20-17(22)12-3-8-15(18)16(11-12)26(23,24)21-14-6-4-13(19)5-7-14/h3-8,11,21H,2,9-10H2,1H3,(H,20,22). The van der Waals surface area contributed by atoms with Crippen LogP contribution in [0.2, 0.25) is 5.02 Å². The monoisotopic (exact) mass is 400 g/mol. The molecule has 0 aliphatic carbocycles. The minimum absolute atomic E-state index is 0.0319. The van der Waals surface area contributed by atoms with Crippen molar-refractivity contribution in [1.82, 2.24) is 5.32 Å². The van der Waals surface area contributed by atoms with Crippen LogP contribution in [0, 0.1) is 5.82 Å². The number of amides is 1. The molecule has 2 N–H and O–H groups in total. The Labute approximate surface area is 156 Å². The van der Waals surface area contributed by atoms with Gasteiger partial charge in [0.05, 0.1) is 5.02 Å². The molecule has 2 aromatic carbocycles. The summed E-state index contributed by atoms with van der Waals surface area (Å²) in [6.45, 7) is 0.896. The Kier molecular flexibility index (Phi) is 6.96. The van der Waals surface area contributed by atoms with E-state index < -0.39 is 21.7 Å². The molecule has 0 fully saturated rings. The largest absolute Gasteiger partial charge is 0.385 e. The van der Waals surface area contributed by atoms with E-state index >= 15 is 0 Å². The van der Waals surface area contributed by atoms with Crippen molar-refractivity contribution >= 4 is 33.2 Å². The summed E-state index contributed by atoms with van der Waals surface area (Å²) in [7, 11) is -2.48. The summed E-state index contributed by atoms with van der Waals surface area (Å²) in [5.41, 5.74) is 0.336. The minimum Gasteiger partial charge on any atom is -0.385 e. The molecule has 26 heavy (non-hydrogen) atoms. The van der Waals surface area contributed by atoms with E-state index in [2.05, 4.69) is 10.0 Å². The number of rotatable bonds is 8. The molecule has 0 saturated heterocycles. The summed E-state index contributed by atoms with van der Waals surface area (Å²) < 4.78 is 45.2. The van der Waals surface area contributed by atoms with E-state index in [4.69, 9.17) is 16.3 Å². The number of nitrogens with one attached hydrogen (secondary N) is 2. The third-order valence-corrected chi connectivity index (χ3v) is 5.25. The summed E-state index contributed by atoms with van der Waals surface area (Å²) in [5.74, 6) is -0.908. The van der Waals surface area contributed by atoms with E-state index in [-0.39, 0.29) is 21.2 Å². The summed E-state index contributed by atoms with van der Waals surface area (Å²) in [6.07, 6.45) is 0.632. The molecule has 0 spiro atoms. The Morgan fingerprint density at radius 1 is 1.19 bits per heavy atom. The van der Waals surface area contributed by atoms with Crippen molar-refractivity contribution in [2.24, 2.45) is 0 Å². The number of carbonyl (C=O) groups excluding carboxylic acids is 1. The molecule has 0 unspecified atom stereocenters. The lowest BCUT2D eigenvalue weighted by Crippen LogP contribution is -2.25. The average Bonchev–Trinajstić information content (AvgIpc) is 2.60. The Morgan fingerprint density at radius 2 is 1.88 bits per heavy atom. The first kappa shape index (κ1) is 20.2. The molecule has 9 heteroatoms. The molecule has 1 amide bonds. The van der Waals surface area contributed by atoms with Gasteiger partial charge < -0.3 is 10.1 Å². The minimum atomic E-state index is -4.05. The number of sulfonamides is 1. The first-order chi connectivity index (χ1) is 12.3. The van der Waals surface area contributed by atoms with Crippen molar-refractivity contribution in [2.45, 2.75) is 11.3 Å². The highest BCUT2D eigenvalue weighted by molar-refractivity contribution is 7.92. The predicted octanol–water partition coefficient (Wildman–Crippen LogP) is 3.05. The Bertz CT molecular complexity index is 873. The third-order valence-electron chi connectivity index (χ3n) is 3.39. The second-order valence-electron chi connectivity index (χ2n) is 5.36. The van der Waals surface area contributed by atoms with Gasteiger partial charge >= 0.3 is 0 Å². The quantitative estimate of drug-likeness (QED) is 0.667. The van der Waals surface area contributed by atoms with Crippen LogP contribution in [0.4, 0.5) is 10.1 Å². The zero-order valence-electron chi connectivity index (χ0n) is 14.0. The molecule has 2 rings (SSSR count). The molecule has 0 heterocycles. The van der Waals surface area contributed by atoms with Crippen LogP contribution in [0.1, 0.15) is 16.8 Å². The van der Waals surface area contributed by atoms with Crippen LogP contribution in [0.3, 0.4) is 0 Å². The SMILES string of the molecule is COCCCNC(=O)c1ccc(Cl)c(S(=O)(=O)Nc2ccc(F)cc2)c1. The maximum Gasteiger partial charge on any atom is 0.263 e. The van der Waals surface area contributed by atoms with E-state index in [1.165, 1.54) is 30.3 Å². The summed E-state index contributed by atoms with van der Waals surface area (Å²) in [4.78, 5) is 11.9. The van der Waals surface area contributed by atoms with Gasteiger partial charge in [-0.1, -0.05) is 11.6 Å². The van der Waals surface area contributed by atoms with Crippen LogP contribution >= 0.6 is 11.6 Å². The van der Waals surface area contributed by atoms with Crippen LogP contribution in [0.15, 0.2) is 47.4 Å². The van der Waals surface area contributed by atoms with Crippen LogP contribution in [-0.2, 0) is 14.8 Å². The van der Waals surface area contributed by atoms with Gasteiger partial charge in [0, 0.05) is 31.5 Å². The summed E-state index contributed by atoms with van der Waals surface area (Å²) >= 11 is 6.00. The lowest BCUT2D eigenvalue weighted by molar-refractivity contribution is 0.0948. The number of benzene rings is 2. The van der Waals surface area contributed by atoms with Gasteiger partial charge in [-0.25, -0.2) is 12.8 Å². The van der Waals surface area contributed by atoms with E-state index in [1.807, 2.05) is 0 Å². The number of hydrogen-bond acceptors (Lipinski definition) is 4. The van der Waals surface area contributed by atoms with Gasteiger partial charge in [0.2, 0.25) is 0 Å². The van der Waals surface area contributed by atoms with Gasteiger partial charge in [0.15, 0.2) is 0 Å². The van der Waals surface area contributed by atoms with Gasteiger partial charge in [-0.2, -0.15) is 0 Å². The molecular weight excluding hydrogens is 383 g/mol. The number of anilines is 1. The lowest BCUT2D eigenvalue weighted by Gasteiger charge is -2.11. The topological polar surface area (TPSA) is 84.5 Å². The van der Waals surface area contributed by atoms with Crippen molar-refractivity contribution in [3.8, 4) is 0 Å². The van der Waals surface area contributed by atoms with E-state index in [9.17, 15) is 17.6 Å². The Morgan fingerprint density at radius 3 is 2.54 bits per heavy atom. The Balaban J connectivity index is 2.19. The van der Waals surface area contributed by atoms with Gasteiger partial charge in [0.1, 0.15) is 10.7 Å². The molecule has 140 valence electrons. The fourth-order valence-electron chi connectivity index (χ4n) is 2.10. The van der Waals surface area contributed by atoms with Crippen LogP contribution in [0.25, 0.3) is 0 Å². The second-order valence-corrected chi connectivity index (χ2v) is 7.42. The van der Waals surface area contributed by atoms with Crippen molar-refractivity contribution in [1.29, 1.82) is 0 Å². The van der Waals surface area contributed by atoms with E-state index in [1.54, 1.807) is 7.11 Å². The fourth-order valence-corrected chi connectivity index (χ4v) is 3.68. The highest BCUT2D eigenvalue weighted by atomic mass is 35.5. The third kappa shape index (κ3) is 5.42. The molecule has 0 atom stereocenters. The Hall–Kier alpha value is -2.16. The smallest absolute Gasteiger partial charge is 0.263 e. The maximum absolute atomic E-state index is 12.9. The lowest BCUT2D eigenvalue weighted by atomic mass is 10.2. The average molecular weight is 401 g/mol. The fraction of sp³-hybridized carbons (Fsp3) is 0.235. The zero-order chi connectivity index (χ0) is 19.2. The van der Waals surface area contributed by atoms with Crippen molar-refractivity contribution in [3.05, 3.63) is 58.9 Å². The zero-order valence-corrected chi connectivity index (χ0v) is 15.5. The summed E-state index contributed by atoms with van der Waals surface area (Å²) in [6, 6.07) is 8.79. The highest BCUT2D eigenvalue weighted by Gasteiger charge is 2.20. The van der Waals surface area contributed by atoms with Gasteiger partial charge in [-0.3, -0.25) is 9.52 Å². The number of carbonyl (C=O) groups is 1. The predicted molar refractivity (Wildman–Crippen MR) is 97.5 cm³/mol. The second kappa shape index (κ2) is 8.98.